The fraction of sp³-hybridized carbons (Fsp3) is 0.636. The lowest BCUT2D eigenvalue weighted by Gasteiger charge is -2.19. The van der Waals surface area contributed by atoms with Crippen LogP contribution in [0.5, 0.6) is 0 Å². The van der Waals surface area contributed by atoms with E-state index in [-0.39, 0.29) is 5.91 Å². The number of ether oxygens (including phenoxy) is 4. The van der Waals surface area contributed by atoms with E-state index in [2.05, 4.69) is 20.7 Å². The molecule has 0 radical (unpaired) electrons. The van der Waals surface area contributed by atoms with Gasteiger partial charge >= 0.3 is 6.09 Å². The third kappa shape index (κ3) is 15.6. The lowest BCUT2D eigenvalue weighted by molar-refractivity contribution is 0.0136. The molecule has 0 aliphatic heterocycles. The van der Waals surface area contributed by atoms with Gasteiger partial charge in [-0.3, -0.25) is 4.79 Å². The zero-order chi connectivity index (χ0) is 24.4. The zero-order valence-electron chi connectivity index (χ0n) is 19.7. The minimum Gasteiger partial charge on any atom is -0.444 e. The van der Waals surface area contributed by atoms with Gasteiger partial charge in [0.05, 0.1) is 26.4 Å². The molecule has 0 aromatic heterocycles. The molecule has 2 N–H and O–H groups in total. The van der Waals surface area contributed by atoms with Crippen molar-refractivity contribution < 1.29 is 28.5 Å². The third-order valence-electron chi connectivity index (χ3n) is 3.92. The van der Waals surface area contributed by atoms with Gasteiger partial charge in [-0.25, -0.2) is 4.79 Å². The number of carbonyl (C=O) groups excluding carboxylic acids is 2. The van der Waals surface area contributed by atoms with E-state index in [1.165, 1.54) is 0 Å². The minimum atomic E-state index is -0.498. The minimum absolute atomic E-state index is 0.188. The van der Waals surface area contributed by atoms with Crippen LogP contribution in [0, 0.1) is 0 Å². The summed E-state index contributed by atoms with van der Waals surface area (Å²) in [4.78, 5) is 26.2. The predicted octanol–water partition coefficient (Wildman–Crippen LogP) is 3.71. The second kappa shape index (κ2) is 16.7. The first-order chi connectivity index (χ1) is 15.8. The van der Waals surface area contributed by atoms with Gasteiger partial charge in [-0.1, -0.05) is 17.2 Å². The second-order valence-corrected chi connectivity index (χ2v) is 7.97. The van der Waals surface area contributed by atoms with E-state index in [1.54, 1.807) is 24.3 Å². The van der Waals surface area contributed by atoms with Gasteiger partial charge in [-0.15, -0.1) is 0 Å². The topological polar surface area (TPSA) is 144 Å². The SMILES string of the molecule is CC(C)(C)OC(=O)NCCCOCCOCCOCCCNC(=O)c1ccc(N=[N+]=[N-])cc1. The lowest BCUT2D eigenvalue weighted by Crippen LogP contribution is -2.33. The van der Waals surface area contributed by atoms with E-state index in [0.717, 1.165) is 0 Å². The summed E-state index contributed by atoms with van der Waals surface area (Å²) in [7, 11) is 0. The molecule has 11 heteroatoms. The first kappa shape index (κ1) is 28.2. The Balaban J connectivity index is 1.87. The van der Waals surface area contributed by atoms with Crippen molar-refractivity contribution in [3.63, 3.8) is 0 Å². The highest BCUT2D eigenvalue weighted by Crippen LogP contribution is 2.12. The molecule has 1 aromatic rings. The number of nitrogens with one attached hydrogen (secondary N) is 2. The van der Waals surface area contributed by atoms with Crippen LogP contribution in [0.25, 0.3) is 10.4 Å². The van der Waals surface area contributed by atoms with Crippen LogP contribution in [0.3, 0.4) is 0 Å². The van der Waals surface area contributed by atoms with Crippen molar-refractivity contribution in [3.05, 3.63) is 40.3 Å². The number of benzene rings is 1. The molecule has 184 valence electrons. The number of hydrogen-bond donors (Lipinski definition) is 2. The monoisotopic (exact) mass is 465 g/mol. The Morgan fingerprint density at radius 3 is 1.91 bits per heavy atom. The molecule has 1 aromatic carbocycles. The average Bonchev–Trinajstić information content (AvgIpc) is 2.75. The lowest BCUT2D eigenvalue weighted by atomic mass is 10.2. The van der Waals surface area contributed by atoms with Gasteiger partial charge in [0.15, 0.2) is 0 Å². The standard InChI is InChI=1S/C22H35N5O6/c1-22(2,3)33-21(29)25-11-5-13-31-15-17-32-16-14-30-12-4-10-24-20(28)18-6-8-19(9-7-18)26-27-23/h6-9H,4-5,10-17H2,1-3H3,(H,24,28)(H,25,29). The normalized spacial score (nSPS) is 10.9. The Hall–Kier alpha value is -2.85. The number of hydrogen-bond acceptors (Lipinski definition) is 7. The van der Waals surface area contributed by atoms with Crippen molar-refractivity contribution >= 4 is 17.7 Å². The second-order valence-electron chi connectivity index (χ2n) is 7.97. The van der Waals surface area contributed by atoms with Crippen LogP contribution in [-0.4, -0.2) is 70.3 Å². The Kier molecular flexibility index (Phi) is 14.3. The molecule has 33 heavy (non-hydrogen) atoms. The Morgan fingerprint density at radius 2 is 1.39 bits per heavy atom. The van der Waals surface area contributed by atoms with Gasteiger partial charge in [0.1, 0.15) is 5.60 Å². The average molecular weight is 466 g/mol. The molecular formula is C22H35N5O6. The molecule has 0 saturated carbocycles. The van der Waals surface area contributed by atoms with Crippen LogP contribution < -0.4 is 10.6 Å². The highest BCUT2D eigenvalue weighted by molar-refractivity contribution is 5.94. The molecular weight excluding hydrogens is 430 g/mol. The van der Waals surface area contributed by atoms with Gasteiger partial charge in [-0.05, 0) is 51.3 Å². The quantitative estimate of drug-likeness (QED) is 0.165. The van der Waals surface area contributed by atoms with Crippen LogP contribution in [0.4, 0.5) is 10.5 Å². The van der Waals surface area contributed by atoms with Gasteiger partial charge in [0.25, 0.3) is 5.91 Å². The maximum Gasteiger partial charge on any atom is 0.407 e. The molecule has 0 heterocycles. The summed E-state index contributed by atoms with van der Waals surface area (Å²) in [6, 6.07) is 6.40. The molecule has 0 bridgehead atoms. The highest BCUT2D eigenvalue weighted by atomic mass is 16.6. The summed E-state index contributed by atoms with van der Waals surface area (Å²) in [5.74, 6) is -0.188. The number of azide groups is 1. The van der Waals surface area contributed by atoms with E-state index in [1.807, 2.05) is 20.8 Å². The summed E-state index contributed by atoms with van der Waals surface area (Å²) >= 11 is 0. The largest absolute Gasteiger partial charge is 0.444 e. The first-order valence-corrected chi connectivity index (χ1v) is 11.0. The van der Waals surface area contributed by atoms with Crippen molar-refractivity contribution in [1.82, 2.24) is 10.6 Å². The van der Waals surface area contributed by atoms with Gasteiger partial charge in [0, 0.05) is 42.5 Å². The molecule has 0 saturated heterocycles. The van der Waals surface area contributed by atoms with Crippen molar-refractivity contribution in [2.75, 3.05) is 52.7 Å². The number of carbonyl (C=O) groups is 2. The maximum atomic E-state index is 12.0. The fourth-order valence-electron chi connectivity index (χ4n) is 2.43. The van der Waals surface area contributed by atoms with Crippen LogP contribution in [0.2, 0.25) is 0 Å². The van der Waals surface area contributed by atoms with Gasteiger partial charge < -0.3 is 29.6 Å². The maximum absolute atomic E-state index is 12.0. The van der Waals surface area contributed by atoms with E-state index in [9.17, 15) is 9.59 Å². The molecule has 0 aliphatic carbocycles. The number of alkyl carbamates (subject to hydrolysis) is 1. The Morgan fingerprint density at radius 1 is 0.879 bits per heavy atom. The Labute approximate surface area is 194 Å². The molecule has 1 rings (SSSR count). The number of nitrogens with zero attached hydrogens (tertiary/aromatic N) is 3. The van der Waals surface area contributed by atoms with Crippen molar-refractivity contribution in [3.8, 4) is 0 Å². The van der Waals surface area contributed by atoms with E-state index >= 15 is 0 Å². The summed E-state index contributed by atoms with van der Waals surface area (Å²) in [6.45, 7) is 9.36. The fourth-order valence-corrected chi connectivity index (χ4v) is 2.43. The molecule has 0 unspecified atom stereocenters. The molecule has 0 atom stereocenters. The summed E-state index contributed by atoms with van der Waals surface area (Å²) in [6.07, 6.45) is 0.953. The zero-order valence-corrected chi connectivity index (χ0v) is 19.7. The Bertz CT molecular complexity index is 745. The van der Waals surface area contributed by atoms with E-state index in [0.29, 0.717) is 76.8 Å². The summed E-state index contributed by atoms with van der Waals surface area (Å²) < 4.78 is 21.5. The molecule has 0 fully saturated rings. The third-order valence-corrected chi connectivity index (χ3v) is 3.92. The van der Waals surface area contributed by atoms with Crippen molar-refractivity contribution in [2.45, 2.75) is 39.2 Å². The van der Waals surface area contributed by atoms with Crippen LogP contribution >= 0.6 is 0 Å². The van der Waals surface area contributed by atoms with Gasteiger partial charge in [0.2, 0.25) is 0 Å². The predicted molar refractivity (Wildman–Crippen MR) is 124 cm³/mol. The van der Waals surface area contributed by atoms with Crippen LogP contribution in [-0.2, 0) is 18.9 Å². The molecule has 2 amide bonds. The summed E-state index contributed by atoms with van der Waals surface area (Å²) in [5.41, 5.74) is 8.84. The van der Waals surface area contributed by atoms with Gasteiger partial charge in [-0.2, -0.15) is 0 Å². The molecule has 0 spiro atoms. The first-order valence-electron chi connectivity index (χ1n) is 11.0. The van der Waals surface area contributed by atoms with E-state index in [4.69, 9.17) is 24.5 Å². The smallest absolute Gasteiger partial charge is 0.407 e. The number of rotatable bonds is 16. The van der Waals surface area contributed by atoms with Crippen LogP contribution in [0.1, 0.15) is 44.0 Å². The van der Waals surface area contributed by atoms with Crippen LogP contribution in [0.15, 0.2) is 29.4 Å². The molecule has 11 nitrogen and oxygen atoms in total. The van der Waals surface area contributed by atoms with Crippen molar-refractivity contribution in [1.29, 1.82) is 0 Å². The van der Waals surface area contributed by atoms with E-state index < -0.39 is 11.7 Å². The number of amides is 2. The molecule has 0 aliphatic rings. The highest BCUT2D eigenvalue weighted by Gasteiger charge is 2.15. The summed E-state index contributed by atoms with van der Waals surface area (Å²) in [5, 5.41) is 8.94. The van der Waals surface area contributed by atoms with Crippen molar-refractivity contribution in [2.24, 2.45) is 5.11 Å².